The maximum absolute atomic E-state index is 6.42. The van der Waals surface area contributed by atoms with Gasteiger partial charge in [0.15, 0.2) is 33.3 Å². The third kappa shape index (κ3) is 6.48. The monoisotopic (exact) mass is 674 g/mol. The van der Waals surface area contributed by atoms with E-state index in [0.717, 1.165) is 103 Å². The van der Waals surface area contributed by atoms with Gasteiger partial charge in [-0.05, 0) is 56.2 Å². The van der Waals surface area contributed by atoms with Crippen molar-refractivity contribution >= 4 is 32.9 Å². The van der Waals surface area contributed by atoms with E-state index in [0.29, 0.717) is 25.5 Å². The van der Waals surface area contributed by atoms with Crippen molar-refractivity contribution < 1.29 is 18.9 Å². The number of hydrogen-bond acceptors (Lipinski definition) is 12. The zero-order valence-corrected chi connectivity index (χ0v) is 28.9. The van der Waals surface area contributed by atoms with Crippen LogP contribution in [0.4, 0.5) is 10.3 Å². The van der Waals surface area contributed by atoms with Gasteiger partial charge < -0.3 is 28.7 Å². The normalized spacial score (nSPS) is 21.2. The Hall–Kier alpha value is -3.58. The Balaban J connectivity index is 0.821. The maximum atomic E-state index is 6.42. The van der Waals surface area contributed by atoms with Crippen molar-refractivity contribution in [3.05, 3.63) is 69.7 Å². The van der Waals surface area contributed by atoms with Gasteiger partial charge in [0.05, 0.1) is 11.4 Å². The van der Waals surface area contributed by atoms with Gasteiger partial charge in [-0.1, -0.05) is 12.1 Å². The van der Waals surface area contributed by atoms with Crippen LogP contribution in [0.2, 0.25) is 0 Å². The van der Waals surface area contributed by atoms with Gasteiger partial charge in [0, 0.05) is 81.6 Å². The molecule has 4 aromatic rings. The highest BCUT2D eigenvalue weighted by Crippen LogP contribution is 2.38. The number of aryl methyl sites for hydroxylation is 1. The van der Waals surface area contributed by atoms with Crippen LogP contribution in [0, 0.1) is 6.92 Å². The minimum atomic E-state index is -0.0531. The number of ether oxygens (including phenoxy) is 4. The number of piperazine rings is 2. The minimum Gasteiger partial charge on any atom is -0.486 e. The predicted molar refractivity (Wildman–Crippen MR) is 186 cm³/mol. The maximum Gasteiger partial charge on any atom is 0.231 e. The Labute approximate surface area is 284 Å². The molecule has 10 nitrogen and oxygen atoms in total. The lowest BCUT2D eigenvalue weighted by molar-refractivity contribution is 0.0902. The molecule has 6 heterocycles. The van der Waals surface area contributed by atoms with E-state index in [2.05, 4.69) is 86.4 Å². The summed E-state index contributed by atoms with van der Waals surface area (Å²) in [5.41, 5.74) is 4.69. The van der Waals surface area contributed by atoms with Crippen molar-refractivity contribution in [2.45, 2.75) is 45.4 Å². The Bertz CT molecular complexity index is 1700. The first-order valence-corrected chi connectivity index (χ1v) is 18.4. The lowest BCUT2D eigenvalue weighted by atomic mass is 10.0. The molecule has 3 unspecified atom stereocenters. The van der Waals surface area contributed by atoms with Crippen molar-refractivity contribution in [1.29, 1.82) is 0 Å². The fourth-order valence-electron chi connectivity index (χ4n) is 6.94. The highest BCUT2D eigenvalue weighted by Gasteiger charge is 2.28. The number of nitrogens with zero attached hydrogens (tertiary/aromatic N) is 6. The molecule has 0 saturated carbocycles. The second-order valence-electron chi connectivity index (χ2n) is 12.9. The Morgan fingerprint density at radius 2 is 1.28 bits per heavy atom. The van der Waals surface area contributed by atoms with Gasteiger partial charge in [0.2, 0.25) is 6.79 Å². The van der Waals surface area contributed by atoms with E-state index >= 15 is 0 Å². The van der Waals surface area contributed by atoms with E-state index in [9.17, 15) is 0 Å². The summed E-state index contributed by atoms with van der Waals surface area (Å²) >= 11 is 3.47. The summed E-state index contributed by atoms with van der Waals surface area (Å²) in [5, 5.41) is 6.54. The van der Waals surface area contributed by atoms with Crippen molar-refractivity contribution in [2.75, 3.05) is 75.6 Å². The number of fused-ring (bicyclic) bond motifs is 2. The molecule has 8 rings (SSSR count). The number of rotatable bonds is 8. The SMILES string of the molecule is Cc1csc(N2CCN(C(C)c3ccc4c(c3)OCC(Cc3csc(N5CCN(C(C)c6ccc7c(c6)OCO7)CC5)n3)O4)CC2)n1. The molecule has 0 bridgehead atoms. The molecule has 0 aliphatic carbocycles. The van der Waals surface area contributed by atoms with Gasteiger partial charge in [-0.25, -0.2) is 9.97 Å². The van der Waals surface area contributed by atoms with Gasteiger partial charge >= 0.3 is 0 Å². The molecule has 4 aliphatic heterocycles. The fourth-order valence-corrected chi connectivity index (χ4v) is 8.69. The van der Waals surface area contributed by atoms with Crippen molar-refractivity contribution in [1.82, 2.24) is 19.8 Å². The lowest BCUT2D eigenvalue weighted by Crippen LogP contribution is -2.47. The van der Waals surface area contributed by atoms with Gasteiger partial charge in [-0.3, -0.25) is 9.80 Å². The Morgan fingerprint density at radius 1 is 0.702 bits per heavy atom. The van der Waals surface area contributed by atoms with Crippen LogP contribution >= 0.6 is 22.7 Å². The van der Waals surface area contributed by atoms with Crippen molar-refractivity contribution in [2.24, 2.45) is 0 Å². The molecular weight excluding hydrogens is 633 g/mol. The second kappa shape index (κ2) is 13.1. The molecule has 0 amide bonds. The molecule has 0 spiro atoms. The van der Waals surface area contributed by atoms with Crippen LogP contribution in [0.15, 0.2) is 47.2 Å². The zero-order chi connectivity index (χ0) is 31.9. The standard InChI is InChI=1S/C35H42N6O4S2/c1-23-20-46-34(36-23)40-12-8-38(9-13-40)25(3)27-5-7-31-33(17-27)42-19-29(45-31)18-28-21-47-35(37-28)41-14-10-39(11-15-41)24(2)26-4-6-30-32(16-26)44-22-43-30/h4-7,16-17,20-21,24-25,29H,8-15,18-19,22H2,1-3H3. The molecule has 248 valence electrons. The van der Waals surface area contributed by atoms with Crippen LogP contribution in [0.3, 0.4) is 0 Å². The van der Waals surface area contributed by atoms with Crippen molar-refractivity contribution in [3.63, 3.8) is 0 Å². The summed E-state index contributed by atoms with van der Waals surface area (Å²) in [6.45, 7) is 15.4. The van der Waals surface area contributed by atoms with Gasteiger partial charge in [0.1, 0.15) is 12.7 Å². The summed E-state index contributed by atoms with van der Waals surface area (Å²) in [5.74, 6) is 3.35. The average Bonchev–Trinajstić information content (AvgIpc) is 3.89. The number of hydrogen-bond donors (Lipinski definition) is 0. The molecular formula is C35H42N6O4S2. The number of benzene rings is 2. The summed E-state index contributed by atoms with van der Waals surface area (Å²) in [4.78, 5) is 19.6. The molecule has 0 N–H and O–H groups in total. The van der Waals surface area contributed by atoms with E-state index in [1.54, 1.807) is 22.7 Å². The van der Waals surface area contributed by atoms with Gasteiger partial charge in [-0.15, -0.1) is 22.7 Å². The first-order valence-electron chi connectivity index (χ1n) is 16.6. The van der Waals surface area contributed by atoms with E-state index in [1.165, 1.54) is 11.1 Å². The zero-order valence-electron chi connectivity index (χ0n) is 27.3. The second-order valence-corrected chi connectivity index (χ2v) is 14.5. The first-order chi connectivity index (χ1) is 23.0. The topological polar surface area (TPSA) is 75.7 Å². The highest BCUT2D eigenvalue weighted by molar-refractivity contribution is 7.14. The highest BCUT2D eigenvalue weighted by atomic mass is 32.1. The summed E-state index contributed by atoms with van der Waals surface area (Å²) in [7, 11) is 0. The number of anilines is 2. The third-order valence-corrected chi connectivity index (χ3v) is 11.9. The van der Waals surface area contributed by atoms with E-state index in [4.69, 9.17) is 23.9 Å². The van der Waals surface area contributed by atoms with Crippen LogP contribution in [0.1, 0.15) is 48.4 Å². The number of thiazole rings is 2. The summed E-state index contributed by atoms with van der Waals surface area (Å²) < 4.78 is 23.8. The molecule has 12 heteroatoms. The average molecular weight is 675 g/mol. The molecule has 2 saturated heterocycles. The van der Waals surface area contributed by atoms with E-state index in [1.807, 2.05) is 6.07 Å². The van der Waals surface area contributed by atoms with Gasteiger partial charge in [-0.2, -0.15) is 0 Å². The van der Waals surface area contributed by atoms with Crippen molar-refractivity contribution in [3.8, 4) is 23.0 Å². The molecule has 2 aromatic carbocycles. The third-order valence-electron chi connectivity index (χ3n) is 9.90. The van der Waals surface area contributed by atoms with Gasteiger partial charge in [0.25, 0.3) is 0 Å². The van der Waals surface area contributed by atoms with Crippen LogP contribution in [-0.2, 0) is 6.42 Å². The van der Waals surface area contributed by atoms with E-state index < -0.39 is 0 Å². The Morgan fingerprint density at radius 3 is 1.91 bits per heavy atom. The molecule has 47 heavy (non-hydrogen) atoms. The van der Waals surface area contributed by atoms with E-state index in [-0.39, 0.29) is 6.10 Å². The fraction of sp³-hybridized carbons (Fsp3) is 0.486. The Kier molecular flexibility index (Phi) is 8.59. The lowest BCUT2D eigenvalue weighted by Gasteiger charge is -2.38. The minimum absolute atomic E-state index is 0.0531. The molecule has 0 radical (unpaired) electrons. The first kappa shape index (κ1) is 30.7. The van der Waals surface area contributed by atoms with Crippen LogP contribution in [0.5, 0.6) is 23.0 Å². The van der Waals surface area contributed by atoms with Crippen LogP contribution in [0.25, 0.3) is 0 Å². The number of aromatic nitrogens is 2. The smallest absolute Gasteiger partial charge is 0.231 e. The van der Waals surface area contributed by atoms with Crippen LogP contribution < -0.4 is 28.7 Å². The predicted octanol–water partition coefficient (Wildman–Crippen LogP) is 5.79. The molecule has 2 aromatic heterocycles. The molecule has 4 aliphatic rings. The van der Waals surface area contributed by atoms with Crippen LogP contribution in [-0.4, -0.2) is 91.6 Å². The molecule has 2 fully saturated rings. The largest absolute Gasteiger partial charge is 0.486 e. The quantitative estimate of drug-likeness (QED) is 0.230. The molecule has 3 atom stereocenters. The summed E-state index contributed by atoms with van der Waals surface area (Å²) in [6, 6.07) is 13.4. The summed E-state index contributed by atoms with van der Waals surface area (Å²) in [6.07, 6.45) is 0.681.